The summed E-state index contributed by atoms with van der Waals surface area (Å²) in [4.78, 5) is 12.1. The number of carbonyl (C=O) groups is 1. The lowest BCUT2D eigenvalue weighted by Gasteiger charge is -2.63. The van der Waals surface area contributed by atoms with E-state index in [9.17, 15) is 9.90 Å². The van der Waals surface area contributed by atoms with Crippen LogP contribution in [0.15, 0.2) is 0 Å². The van der Waals surface area contributed by atoms with Crippen molar-refractivity contribution in [2.75, 3.05) is 0 Å². The maximum atomic E-state index is 12.1. The van der Waals surface area contributed by atoms with Gasteiger partial charge in [0, 0.05) is 5.41 Å². The monoisotopic (exact) mass is 318 g/mol. The molecule has 3 heteroatoms. The number of epoxide rings is 1. The topological polar surface area (TPSA) is 49.8 Å². The van der Waals surface area contributed by atoms with E-state index in [1.54, 1.807) is 0 Å². The van der Waals surface area contributed by atoms with Crippen LogP contribution >= 0.6 is 0 Å². The molecule has 4 saturated carbocycles. The molecule has 2 bridgehead atoms. The van der Waals surface area contributed by atoms with Gasteiger partial charge in [0.2, 0.25) is 0 Å². The van der Waals surface area contributed by atoms with E-state index in [4.69, 9.17) is 4.74 Å². The van der Waals surface area contributed by atoms with Crippen LogP contribution in [0.1, 0.15) is 72.1 Å². The summed E-state index contributed by atoms with van der Waals surface area (Å²) in [7, 11) is 0. The lowest BCUT2D eigenvalue weighted by Crippen LogP contribution is -2.59. The van der Waals surface area contributed by atoms with Crippen molar-refractivity contribution in [3.63, 3.8) is 0 Å². The van der Waals surface area contributed by atoms with Gasteiger partial charge in [-0.25, -0.2) is 0 Å². The highest BCUT2D eigenvalue weighted by Gasteiger charge is 2.79. The third kappa shape index (κ3) is 1.46. The van der Waals surface area contributed by atoms with E-state index in [0.29, 0.717) is 23.4 Å². The summed E-state index contributed by atoms with van der Waals surface area (Å²) in [6.07, 6.45) is 9.90. The molecule has 0 amide bonds. The summed E-state index contributed by atoms with van der Waals surface area (Å²) in [5.74, 6) is 1.23. The van der Waals surface area contributed by atoms with E-state index in [0.717, 1.165) is 25.2 Å². The molecule has 3 nitrogen and oxygen atoms in total. The van der Waals surface area contributed by atoms with Crippen LogP contribution in [0.25, 0.3) is 0 Å². The van der Waals surface area contributed by atoms with Gasteiger partial charge in [0.05, 0.1) is 17.1 Å². The van der Waals surface area contributed by atoms with Gasteiger partial charge >= 0.3 is 5.97 Å². The largest absolute Gasteiger partial charge is 0.481 e. The Morgan fingerprint density at radius 1 is 1.04 bits per heavy atom. The average Bonchev–Trinajstić information content (AvgIpc) is 3.16. The number of fused-ring (bicyclic) bond motifs is 5. The molecule has 0 unspecified atom stereocenters. The minimum absolute atomic E-state index is 0.169. The number of carboxylic acid groups (broad SMARTS) is 1. The van der Waals surface area contributed by atoms with Gasteiger partial charge in [-0.3, -0.25) is 4.79 Å². The summed E-state index contributed by atoms with van der Waals surface area (Å²) in [6, 6.07) is 0. The molecule has 0 aromatic carbocycles. The average molecular weight is 318 g/mol. The molecule has 0 aromatic rings. The first kappa shape index (κ1) is 14.7. The molecule has 1 saturated heterocycles. The van der Waals surface area contributed by atoms with Gasteiger partial charge in [-0.2, -0.15) is 0 Å². The van der Waals surface area contributed by atoms with Gasteiger partial charge in [0.15, 0.2) is 0 Å². The second-order valence-electron chi connectivity index (χ2n) is 10.1. The standard InChI is InChI=1S/C20H30O3/c1-17-8-4-9-18(2,16(21)22)13(17)7-10-20-11-12(5-6-14(17)20)19(3)15(20)23-19/h12-15H,4-11H2,1-3H3,(H,21,22)/t12-,13+,14+,15-,17+,18-,19-,20-/m1/s1. The predicted octanol–water partition coefficient (Wildman–Crippen LogP) is 4.25. The number of ether oxygens (including phenoxy) is 1. The Balaban J connectivity index is 1.58. The van der Waals surface area contributed by atoms with Crippen LogP contribution in [0.3, 0.4) is 0 Å². The fraction of sp³-hybridized carbons (Fsp3) is 0.950. The number of aliphatic carboxylic acids is 1. The molecule has 5 aliphatic rings. The van der Waals surface area contributed by atoms with Gasteiger partial charge in [-0.05, 0) is 82.0 Å². The molecule has 0 radical (unpaired) electrons. The van der Waals surface area contributed by atoms with Crippen LogP contribution < -0.4 is 0 Å². The Bertz CT molecular complexity index is 587. The second-order valence-corrected chi connectivity index (χ2v) is 10.1. The third-order valence-electron chi connectivity index (χ3n) is 9.45. The van der Waals surface area contributed by atoms with E-state index < -0.39 is 11.4 Å². The summed E-state index contributed by atoms with van der Waals surface area (Å²) in [5, 5.41) is 9.95. The first-order valence-electron chi connectivity index (χ1n) is 9.69. The highest BCUT2D eigenvalue weighted by molar-refractivity contribution is 5.75. The Hall–Kier alpha value is -0.570. The zero-order chi connectivity index (χ0) is 16.3. The smallest absolute Gasteiger partial charge is 0.309 e. The molecular weight excluding hydrogens is 288 g/mol. The van der Waals surface area contributed by atoms with Crippen LogP contribution in [-0.2, 0) is 9.53 Å². The maximum Gasteiger partial charge on any atom is 0.309 e. The van der Waals surface area contributed by atoms with Crippen molar-refractivity contribution in [2.45, 2.75) is 83.8 Å². The van der Waals surface area contributed by atoms with E-state index in [1.807, 2.05) is 6.92 Å². The molecule has 1 heterocycles. The molecule has 0 aromatic heterocycles. The highest BCUT2D eigenvalue weighted by Crippen LogP contribution is 2.78. The van der Waals surface area contributed by atoms with Gasteiger partial charge in [-0.1, -0.05) is 13.3 Å². The Kier molecular flexibility index (Phi) is 2.55. The SMILES string of the molecule is C[C@]12CCC[C@@](C)(C(=O)O)[C@H]1CC[C@@]13C[C@@H](CC[C@@H]21)[C@@]1(C)O[C@@H]31. The van der Waals surface area contributed by atoms with Crippen molar-refractivity contribution in [1.82, 2.24) is 0 Å². The minimum atomic E-state index is -0.558. The molecule has 5 rings (SSSR count). The lowest BCUT2D eigenvalue weighted by atomic mass is 9.40. The zero-order valence-electron chi connectivity index (χ0n) is 14.7. The molecular formula is C20H30O3. The number of rotatable bonds is 1. The Labute approximate surface area is 139 Å². The van der Waals surface area contributed by atoms with E-state index in [1.165, 1.54) is 32.1 Å². The molecule has 4 aliphatic carbocycles. The molecule has 5 fully saturated rings. The molecule has 8 atom stereocenters. The fourth-order valence-electron chi connectivity index (χ4n) is 8.40. The first-order valence-corrected chi connectivity index (χ1v) is 9.69. The van der Waals surface area contributed by atoms with Crippen LogP contribution in [-0.4, -0.2) is 22.8 Å². The van der Waals surface area contributed by atoms with Crippen LogP contribution in [0, 0.1) is 34.0 Å². The summed E-state index contributed by atoms with van der Waals surface area (Å²) in [6.45, 7) is 6.82. The van der Waals surface area contributed by atoms with E-state index in [-0.39, 0.29) is 11.0 Å². The maximum absolute atomic E-state index is 12.1. The van der Waals surface area contributed by atoms with Gasteiger partial charge in [0.1, 0.15) is 0 Å². The van der Waals surface area contributed by atoms with Crippen molar-refractivity contribution >= 4 is 5.97 Å². The van der Waals surface area contributed by atoms with Gasteiger partial charge < -0.3 is 9.84 Å². The van der Waals surface area contributed by atoms with Crippen LogP contribution in [0.5, 0.6) is 0 Å². The van der Waals surface area contributed by atoms with E-state index in [2.05, 4.69) is 13.8 Å². The van der Waals surface area contributed by atoms with Crippen LogP contribution in [0.2, 0.25) is 0 Å². The number of carboxylic acids is 1. The number of hydrogen-bond acceptors (Lipinski definition) is 2. The van der Waals surface area contributed by atoms with Gasteiger partial charge in [0.25, 0.3) is 0 Å². The molecule has 1 aliphatic heterocycles. The second kappa shape index (κ2) is 3.98. The summed E-state index contributed by atoms with van der Waals surface area (Å²) in [5.41, 5.74) is 0.228. The molecule has 1 N–H and O–H groups in total. The van der Waals surface area contributed by atoms with Crippen LogP contribution in [0.4, 0.5) is 0 Å². The van der Waals surface area contributed by atoms with E-state index >= 15 is 0 Å². The Morgan fingerprint density at radius 2 is 1.83 bits per heavy atom. The first-order chi connectivity index (χ1) is 10.8. The van der Waals surface area contributed by atoms with Crippen molar-refractivity contribution in [1.29, 1.82) is 0 Å². The Morgan fingerprint density at radius 3 is 2.57 bits per heavy atom. The summed E-state index contributed by atoms with van der Waals surface area (Å²) >= 11 is 0. The molecule has 128 valence electrons. The highest BCUT2D eigenvalue weighted by atomic mass is 16.6. The minimum Gasteiger partial charge on any atom is -0.481 e. The lowest BCUT2D eigenvalue weighted by molar-refractivity contribution is -0.187. The predicted molar refractivity (Wildman–Crippen MR) is 87.0 cm³/mol. The number of hydrogen-bond donors (Lipinski definition) is 1. The van der Waals surface area contributed by atoms with Crippen molar-refractivity contribution < 1.29 is 14.6 Å². The quantitative estimate of drug-likeness (QED) is 0.735. The zero-order valence-corrected chi connectivity index (χ0v) is 14.7. The fourth-order valence-corrected chi connectivity index (χ4v) is 8.40. The van der Waals surface area contributed by atoms with Gasteiger partial charge in [-0.15, -0.1) is 0 Å². The molecule has 23 heavy (non-hydrogen) atoms. The summed E-state index contributed by atoms with van der Waals surface area (Å²) < 4.78 is 6.28. The van der Waals surface area contributed by atoms with Crippen molar-refractivity contribution in [3.05, 3.63) is 0 Å². The molecule has 1 spiro atoms. The third-order valence-corrected chi connectivity index (χ3v) is 9.45. The van der Waals surface area contributed by atoms with Crippen molar-refractivity contribution in [2.24, 2.45) is 34.0 Å². The normalized spacial score (nSPS) is 62.9. The van der Waals surface area contributed by atoms with Crippen molar-refractivity contribution in [3.8, 4) is 0 Å².